The number of carbonyl (C=O) groups excluding carboxylic acids is 1. The highest BCUT2D eigenvalue weighted by Gasteiger charge is 2.33. The van der Waals surface area contributed by atoms with Crippen LogP contribution in [0.5, 0.6) is 11.5 Å². The molecule has 7 nitrogen and oxygen atoms in total. The van der Waals surface area contributed by atoms with Crippen LogP contribution in [-0.4, -0.2) is 53.0 Å². The molecule has 4 heterocycles. The van der Waals surface area contributed by atoms with Crippen LogP contribution in [0, 0.1) is 0 Å². The molecule has 0 bridgehead atoms. The van der Waals surface area contributed by atoms with E-state index in [1.165, 1.54) is 0 Å². The number of benzene rings is 1. The van der Waals surface area contributed by atoms with Gasteiger partial charge in [-0.3, -0.25) is 4.79 Å². The first-order valence-corrected chi connectivity index (χ1v) is 9.16. The Bertz CT molecular complexity index is 1060. The molecule has 1 unspecified atom stereocenters. The van der Waals surface area contributed by atoms with Crippen molar-refractivity contribution in [1.82, 2.24) is 19.5 Å². The lowest BCUT2D eigenvalue weighted by Crippen LogP contribution is -2.39. The van der Waals surface area contributed by atoms with E-state index >= 15 is 0 Å². The molecule has 136 valence electrons. The van der Waals surface area contributed by atoms with Crippen molar-refractivity contribution in [3.05, 3.63) is 47.4 Å². The van der Waals surface area contributed by atoms with Gasteiger partial charge in [0, 0.05) is 30.6 Å². The van der Waals surface area contributed by atoms with Gasteiger partial charge in [-0.1, -0.05) is 11.5 Å². The Morgan fingerprint density at radius 3 is 3.04 bits per heavy atom. The van der Waals surface area contributed by atoms with Crippen LogP contribution in [0.1, 0.15) is 34.6 Å². The Morgan fingerprint density at radius 1 is 1.30 bits per heavy atom. The van der Waals surface area contributed by atoms with Gasteiger partial charge in [0.05, 0.1) is 6.04 Å². The van der Waals surface area contributed by atoms with Crippen molar-refractivity contribution in [2.24, 2.45) is 0 Å². The SMILES string of the molecule is Bc1cnc2cc(C(=O)N3CCc4c(ccc5c4OCCO5)C3C)nn2c1. The third-order valence-corrected chi connectivity index (χ3v) is 5.29. The molecular weight excluding hydrogens is 343 g/mol. The molecule has 2 aromatic heterocycles. The first-order chi connectivity index (χ1) is 13.1. The van der Waals surface area contributed by atoms with E-state index in [4.69, 9.17) is 9.47 Å². The van der Waals surface area contributed by atoms with Gasteiger partial charge in [0.25, 0.3) is 5.91 Å². The smallest absolute Gasteiger partial charge is 0.274 e. The normalized spacial score (nSPS) is 18.4. The summed E-state index contributed by atoms with van der Waals surface area (Å²) in [5, 5.41) is 4.43. The topological polar surface area (TPSA) is 69.0 Å². The van der Waals surface area contributed by atoms with E-state index in [1.807, 2.05) is 38.0 Å². The molecule has 27 heavy (non-hydrogen) atoms. The second-order valence-electron chi connectivity index (χ2n) is 7.05. The predicted molar refractivity (Wildman–Crippen MR) is 102 cm³/mol. The van der Waals surface area contributed by atoms with Crippen molar-refractivity contribution in [3.63, 3.8) is 0 Å². The highest BCUT2D eigenvalue weighted by molar-refractivity contribution is 6.31. The first kappa shape index (κ1) is 16.2. The summed E-state index contributed by atoms with van der Waals surface area (Å²) < 4.78 is 13.2. The third-order valence-electron chi connectivity index (χ3n) is 5.29. The lowest BCUT2D eigenvalue weighted by atomic mass is 9.92. The van der Waals surface area contributed by atoms with Crippen LogP contribution in [0.3, 0.4) is 0 Å². The minimum Gasteiger partial charge on any atom is -0.486 e. The van der Waals surface area contributed by atoms with Crippen LogP contribution in [0.4, 0.5) is 0 Å². The van der Waals surface area contributed by atoms with Gasteiger partial charge >= 0.3 is 0 Å². The first-order valence-electron chi connectivity index (χ1n) is 9.16. The summed E-state index contributed by atoms with van der Waals surface area (Å²) in [5.41, 5.74) is 4.35. The van der Waals surface area contributed by atoms with Gasteiger partial charge in [0.2, 0.25) is 0 Å². The molecule has 0 saturated carbocycles. The van der Waals surface area contributed by atoms with Crippen LogP contribution in [0.2, 0.25) is 0 Å². The molecule has 2 aliphatic rings. The van der Waals surface area contributed by atoms with Crippen molar-refractivity contribution in [3.8, 4) is 11.5 Å². The van der Waals surface area contributed by atoms with Crippen LogP contribution < -0.4 is 14.9 Å². The zero-order valence-electron chi connectivity index (χ0n) is 15.3. The number of amides is 1. The van der Waals surface area contributed by atoms with Crippen molar-refractivity contribution in [2.45, 2.75) is 19.4 Å². The highest BCUT2D eigenvalue weighted by Crippen LogP contribution is 2.42. The number of fused-ring (bicyclic) bond motifs is 4. The van der Waals surface area contributed by atoms with Gasteiger partial charge in [-0.15, -0.1) is 0 Å². The zero-order valence-corrected chi connectivity index (χ0v) is 15.3. The molecule has 8 heteroatoms. The monoisotopic (exact) mass is 362 g/mol. The van der Waals surface area contributed by atoms with E-state index < -0.39 is 0 Å². The molecule has 0 aliphatic carbocycles. The number of carbonyl (C=O) groups is 1. The van der Waals surface area contributed by atoms with Crippen LogP contribution in [0.15, 0.2) is 30.6 Å². The number of hydrogen-bond acceptors (Lipinski definition) is 5. The quantitative estimate of drug-likeness (QED) is 0.591. The molecule has 1 atom stereocenters. The summed E-state index contributed by atoms with van der Waals surface area (Å²) in [4.78, 5) is 19.3. The average Bonchev–Trinajstić information content (AvgIpc) is 3.11. The second-order valence-corrected chi connectivity index (χ2v) is 7.05. The molecule has 0 fully saturated rings. The fourth-order valence-corrected chi connectivity index (χ4v) is 3.93. The largest absolute Gasteiger partial charge is 0.486 e. The highest BCUT2D eigenvalue weighted by atomic mass is 16.6. The lowest BCUT2D eigenvalue weighted by Gasteiger charge is -2.36. The Morgan fingerprint density at radius 2 is 2.15 bits per heavy atom. The summed E-state index contributed by atoms with van der Waals surface area (Å²) >= 11 is 0. The van der Waals surface area contributed by atoms with Crippen molar-refractivity contribution < 1.29 is 14.3 Å². The van der Waals surface area contributed by atoms with Gasteiger partial charge in [-0.25, -0.2) is 9.50 Å². The summed E-state index contributed by atoms with van der Waals surface area (Å²) in [6.07, 6.45) is 4.39. The van der Waals surface area contributed by atoms with E-state index in [0.29, 0.717) is 31.1 Å². The van der Waals surface area contributed by atoms with Gasteiger partial charge in [0.15, 0.2) is 22.8 Å². The molecular formula is C19H19BN4O3. The Kier molecular flexibility index (Phi) is 3.60. The fraction of sp³-hybridized carbons (Fsp3) is 0.316. The maximum atomic E-state index is 13.1. The fourth-order valence-electron chi connectivity index (χ4n) is 3.93. The second kappa shape index (κ2) is 6.01. The zero-order chi connectivity index (χ0) is 18.5. The summed E-state index contributed by atoms with van der Waals surface area (Å²) in [7, 11) is 1.95. The van der Waals surface area contributed by atoms with Crippen molar-refractivity contribution in [1.29, 1.82) is 0 Å². The van der Waals surface area contributed by atoms with Crippen molar-refractivity contribution in [2.75, 3.05) is 19.8 Å². The van der Waals surface area contributed by atoms with Crippen LogP contribution >= 0.6 is 0 Å². The molecule has 2 aliphatic heterocycles. The number of ether oxygens (including phenoxy) is 2. The number of rotatable bonds is 1. The maximum Gasteiger partial charge on any atom is 0.274 e. The number of hydrogen-bond donors (Lipinski definition) is 0. The van der Waals surface area contributed by atoms with E-state index in [1.54, 1.807) is 16.8 Å². The van der Waals surface area contributed by atoms with Crippen LogP contribution in [0.25, 0.3) is 5.65 Å². The van der Waals surface area contributed by atoms with Gasteiger partial charge in [0.1, 0.15) is 21.1 Å². The molecule has 1 aromatic carbocycles. The molecule has 1 amide bonds. The predicted octanol–water partition coefficient (Wildman–Crippen LogP) is 0.518. The summed E-state index contributed by atoms with van der Waals surface area (Å²) in [6.45, 7) is 3.80. The van der Waals surface area contributed by atoms with E-state index in [2.05, 4.69) is 10.1 Å². The van der Waals surface area contributed by atoms with Crippen molar-refractivity contribution >= 4 is 24.9 Å². The summed E-state index contributed by atoms with van der Waals surface area (Å²) in [6, 6.07) is 5.67. The minimum absolute atomic E-state index is 0.0587. The van der Waals surface area contributed by atoms with Gasteiger partial charge in [-0.05, 0) is 25.0 Å². The van der Waals surface area contributed by atoms with Gasteiger partial charge in [-0.2, -0.15) is 5.10 Å². The summed E-state index contributed by atoms with van der Waals surface area (Å²) in [5.74, 6) is 1.56. The minimum atomic E-state index is -0.0776. The number of nitrogens with zero attached hydrogens (tertiary/aromatic N) is 4. The maximum absolute atomic E-state index is 13.1. The Hall–Kier alpha value is -3.03. The molecule has 0 spiro atoms. The molecule has 0 radical (unpaired) electrons. The standard InChI is InChI=1S/C19H19BN4O3/c1-11-13-2-3-16-18(27-7-6-26-16)14(13)4-5-23(11)19(25)15-8-17-21-9-12(20)10-24(17)22-15/h2-3,8-11H,4-7,20H2,1H3. The molecule has 0 N–H and O–H groups in total. The molecule has 5 rings (SSSR count). The Labute approximate surface area is 157 Å². The van der Waals surface area contributed by atoms with Gasteiger partial charge < -0.3 is 14.4 Å². The molecule has 3 aromatic rings. The van der Waals surface area contributed by atoms with E-state index in [-0.39, 0.29) is 11.9 Å². The number of aromatic nitrogens is 3. The third kappa shape index (κ3) is 2.55. The van der Waals surface area contributed by atoms with E-state index in [9.17, 15) is 4.79 Å². The lowest BCUT2D eigenvalue weighted by molar-refractivity contribution is 0.0667. The molecule has 0 saturated heterocycles. The van der Waals surface area contributed by atoms with E-state index in [0.717, 1.165) is 34.5 Å². The Balaban J connectivity index is 1.48. The van der Waals surface area contributed by atoms with Crippen LogP contribution in [-0.2, 0) is 6.42 Å². The average molecular weight is 362 g/mol.